The molecule has 43 heavy (non-hydrogen) atoms. The average molecular weight is 638 g/mol. The van der Waals surface area contributed by atoms with E-state index in [0.717, 1.165) is 95.5 Å². The lowest BCUT2D eigenvalue weighted by atomic mass is 9.83. The largest absolute Gasteiger partial charge is 0.508 e. The Morgan fingerprint density at radius 2 is 1.21 bits per heavy atom. The summed E-state index contributed by atoms with van der Waals surface area (Å²) in [5, 5.41) is 55.5. The van der Waals surface area contributed by atoms with Gasteiger partial charge in [0.2, 0.25) is 0 Å². The Kier molecular flexibility index (Phi) is 14.6. The van der Waals surface area contributed by atoms with E-state index in [9.17, 15) is 25.5 Å². The number of rotatable bonds is 7. The fourth-order valence-corrected chi connectivity index (χ4v) is 7.32. The highest BCUT2D eigenvalue weighted by molar-refractivity contribution is 6.44. The minimum Gasteiger partial charge on any atom is -0.508 e. The quantitative estimate of drug-likeness (QED) is 0.195. The Morgan fingerprint density at radius 3 is 1.74 bits per heavy atom. The molecule has 0 saturated carbocycles. The predicted molar refractivity (Wildman–Crippen MR) is 178 cm³/mol. The van der Waals surface area contributed by atoms with Crippen LogP contribution in [0.1, 0.15) is 151 Å². The molecule has 0 spiro atoms. The fourth-order valence-electron chi connectivity index (χ4n) is 7.02. The SMILES string of the molecule is CCCC[C@H]1CCCC[C@H](C)Cc2cc(O)c(c(O)c2)[C@@H](CCCC(Cl)Cl)CCCC[C@H](C)[C@@H](O)c2cc(O)c1c(O)c2. The van der Waals surface area contributed by atoms with E-state index in [2.05, 4.69) is 13.8 Å². The minimum atomic E-state index is -0.805. The summed E-state index contributed by atoms with van der Waals surface area (Å²) in [6.45, 7) is 6.35. The van der Waals surface area contributed by atoms with Crippen molar-refractivity contribution in [3.05, 3.63) is 46.5 Å². The lowest BCUT2D eigenvalue weighted by molar-refractivity contribution is 0.110. The molecule has 0 aromatic heterocycles. The number of aliphatic hydroxyl groups is 1. The molecule has 5 atom stereocenters. The van der Waals surface area contributed by atoms with Crippen LogP contribution in [0.2, 0.25) is 0 Å². The zero-order valence-electron chi connectivity index (χ0n) is 26.4. The highest BCUT2D eigenvalue weighted by Crippen LogP contribution is 2.44. The molecule has 0 saturated heterocycles. The van der Waals surface area contributed by atoms with E-state index < -0.39 is 10.9 Å². The van der Waals surface area contributed by atoms with Crippen molar-refractivity contribution >= 4 is 23.2 Å². The second-order valence-corrected chi connectivity index (χ2v) is 14.5. The second kappa shape index (κ2) is 17.6. The first-order chi connectivity index (χ1) is 20.5. The Bertz CT molecular complexity index is 1090. The number of unbranched alkanes of at least 4 members (excludes halogenated alkanes) is 1. The molecule has 0 radical (unpaired) electrons. The third kappa shape index (κ3) is 10.6. The molecule has 5 N–H and O–H groups in total. The molecule has 4 bridgehead atoms. The molecule has 4 aliphatic rings. The van der Waals surface area contributed by atoms with Gasteiger partial charge in [0.15, 0.2) is 0 Å². The summed E-state index contributed by atoms with van der Waals surface area (Å²) >= 11 is 12.0. The molecule has 2 aromatic rings. The average Bonchev–Trinajstić information content (AvgIpc) is 2.93. The van der Waals surface area contributed by atoms with Gasteiger partial charge in [-0.2, -0.15) is 0 Å². The van der Waals surface area contributed by atoms with E-state index >= 15 is 0 Å². The van der Waals surface area contributed by atoms with Crippen molar-refractivity contribution < 1.29 is 25.5 Å². The molecular formula is C36H54Cl2O5. The van der Waals surface area contributed by atoms with Crippen LogP contribution >= 0.6 is 23.2 Å². The minimum absolute atomic E-state index is 0.0289. The molecule has 4 aliphatic carbocycles. The number of phenolic OH excluding ortho intramolecular Hbond substituents is 4. The number of alkyl halides is 2. The number of aromatic hydroxyl groups is 4. The van der Waals surface area contributed by atoms with E-state index in [4.69, 9.17) is 23.2 Å². The summed E-state index contributed by atoms with van der Waals surface area (Å²) in [5.41, 5.74) is 2.70. The van der Waals surface area contributed by atoms with Crippen molar-refractivity contribution in [2.45, 2.75) is 140 Å². The van der Waals surface area contributed by atoms with E-state index in [1.165, 1.54) is 0 Å². The lowest BCUT2D eigenvalue weighted by Crippen LogP contribution is -2.11. The van der Waals surface area contributed by atoms with Crippen LogP contribution in [0, 0.1) is 11.8 Å². The van der Waals surface area contributed by atoms with Crippen LogP contribution in [0.4, 0.5) is 0 Å². The van der Waals surface area contributed by atoms with Gasteiger partial charge in [-0.25, -0.2) is 0 Å². The predicted octanol–water partition coefficient (Wildman–Crippen LogP) is 10.5. The Morgan fingerprint density at radius 1 is 0.721 bits per heavy atom. The van der Waals surface area contributed by atoms with Crippen molar-refractivity contribution in [1.29, 1.82) is 0 Å². The van der Waals surface area contributed by atoms with Crippen molar-refractivity contribution in [3.63, 3.8) is 0 Å². The number of phenols is 4. The van der Waals surface area contributed by atoms with Gasteiger partial charge in [-0.3, -0.25) is 0 Å². The molecule has 0 amide bonds. The van der Waals surface area contributed by atoms with Crippen LogP contribution in [0.3, 0.4) is 0 Å². The maximum Gasteiger partial charge on any atom is 0.123 e. The fraction of sp³-hybridized carbons (Fsp3) is 0.667. The number of benzene rings is 2. The maximum absolute atomic E-state index is 11.2. The van der Waals surface area contributed by atoms with Crippen molar-refractivity contribution in [2.75, 3.05) is 0 Å². The number of aliphatic hydroxyl groups excluding tert-OH is 1. The summed E-state index contributed by atoms with van der Waals surface area (Å²) in [6, 6.07) is 6.94. The van der Waals surface area contributed by atoms with Gasteiger partial charge in [0.25, 0.3) is 0 Å². The van der Waals surface area contributed by atoms with Crippen LogP contribution in [0.5, 0.6) is 23.0 Å². The standard InChI is InChI=1S/C36H54Cl2O5/c1-4-5-13-26-14-8-6-11-23(2)18-25-19-29(39)34(30(40)20-25)27(16-10-17-33(37)38)15-9-7-12-24(3)36(43)28-21-31(41)35(26)32(42)22-28/h19-24,26-27,33,36,39-43H,4-18H2,1-3H3/t23-,24-,26-,27+,36+/m0/s1. The van der Waals surface area contributed by atoms with Crippen LogP contribution in [-0.4, -0.2) is 30.4 Å². The first-order valence-corrected chi connectivity index (χ1v) is 17.5. The summed E-state index contributed by atoms with van der Waals surface area (Å²) < 4.78 is 0. The molecule has 0 heterocycles. The third-order valence-corrected chi connectivity index (χ3v) is 9.92. The summed E-state index contributed by atoms with van der Waals surface area (Å²) in [5.74, 6) is 0.818. The summed E-state index contributed by atoms with van der Waals surface area (Å²) in [4.78, 5) is -0.440. The van der Waals surface area contributed by atoms with E-state index in [1.54, 1.807) is 12.1 Å². The van der Waals surface area contributed by atoms with Crippen LogP contribution in [0.25, 0.3) is 0 Å². The van der Waals surface area contributed by atoms with Gasteiger partial charge >= 0.3 is 0 Å². The Labute approximate surface area is 269 Å². The molecule has 0 unspecified atom stereocenters. The second-order valence-electron chi connectivity index (χ2n) is 13.2. The van der Waals surface area contributed by atoms with Gasteiger partial charge in [-0.1, -0.05) is 72.1 Å². The lowest BCUT2D eigenvalue weighted by Gasteiger charge is -2.24. The smallest absolute Gasteiger partial charge is 0.123 e. The molecule has 5 nitrogen and oxygen atoms in total. The van der Waals surface area contributed by atoms with Crippen molar-refractivity contribution in [1.82, 2.24) is 0 Å². The van der Waals surface area contributed by atoms with Gasteiger partial charge in [-0.05, 0) is 104 Å². The molecule has 2 aromatic carbocycles. The number of halogens is 2. The first kappa shape index (κ1) is 35.7. The van der Waals surface area contributed by atoms with Gasteiger partial charge in [-0.15, -0.1) is 23.2 Å². The highest BCUT2D eigenvalue weighted by Gasteiger charge is 2.25. The zero-order valence-corrected chi connectivity index (χ0v) is 27.9. The van der Waals surface area contributed by atoms with Gasteiger partial charge in [0, 0.05) is 11.1 Å². The number of hydrogen-bond donors (Lipinski definition) is 5. The first-order valence-electron chi connectivity index (χ1n) is 16.6. The highest BCUT2D eigenvalue weighted by atomic mass is 35.5. The van der Waals surface area contributed by atoms with Gasteiger partial charge in [0.1, 0.15) is 27.8 Å². The normalized spacial score (nSPS) is 24.6. The molecule has 0 aliphatic heterocycles. The molecule has 7 heteroatoms. The summed E-state index contributed by atoms with van der Waals surface area (Å²) in [6.07, 6.45) is 12.3. The van der Waals surface area contributed by atoms with E-state index in [-0.39, 0.29) is 40.8 Å². The van der Waals surface area contributed by atoms with Crippen molar-refractivity contribution in [2.24, 2.45) is 11.8 Å². The molecule has 0 fully saturated rings. The summed E-state index contributed by atoms with van der Waals surface area (Å²) in [7, 11) is 0. The molecule has 242 valence electrons. The topological polar surface area (TPSA) is 101 Å². The maximum atomic E-state index is 11.2. The monoisotopic (exact) mass is 636 g/mol. The van der Waals surface area contributed by atoms with E-state index in [1.807, 2.05) is 19.1 Å². The van der Waals surface area contributed by atoms with Crippen LogP contribution in [-0.2, 0) is 6.42 Å². The molecule has 6 rings (SSSR count). The van der Waals surface area contributed by atoms with Crippen molar-refractivity contribution in [3.8, 4) is 23.0 Å². The van der Waals surface area contributed by atoms with Gasteiger partial charge in [0.05, 0.1) is 6.10 Å². The Balaban J connectivity index is 1.87. The van der Waals surface area contributed by atoms with E-state index in [0.29, 0.717) is 29.0 Å². The third-order valence-electron chi connectivity index (χ3n) is 9.48. The Hall–Kier alpha value is -1.82. The van der Waals surface area contributed by atoms with Crippen LogP contribution in [0.15, 0.2) is 24.3 Å². The number of hydrogen-bond acceptors (Lipinski definition) is 5. The molecular weight excluding hydrogens is 583 g/mol. The van der Waals surface area contributed by atoms with Crippen LogP contribution < -0.4 is 0 Å². The zero-order chi connectivity index (χ0) is 31.5. The van der Waals surface area contributed by atoms with Gasteiger partial charge < -0.3 is 25.5 Å².